The first-order chi connectivity index (χ1) is 8.17. The molecule has 0 aromatic heterocycles. The standard InChI is InChI=1S/C13H22N2O2/c1-13(4-6-14-7-5-13)12(16)15-10-8-9-2-3-11(10)17-9/h9-11,14H,2-8H2,1H3,(H,15,16). The van der Waals surface area contributed by atoms with Crippen LogP contribution in [-0.4, -0.2) is 37.2 Å². The highest BCUT2D eigenvalue weighted by Crippen LogP contribution is 2.35. The molecule has 3 aliphatic rings. The van der Waals surface area contributed by atoms with Gasteiger partial charge in [0.2, 0.25) is 5.91 Å². The first-order valence-corrected chi connectivity index (χ1v) is 6.84. The molecule has 0 radical (unpaired) electrons. The lowest BCUT2D eigenvalue weighted by atomic mass is 9.79. The van der Waals surface area contributed by atoms with Crippen LogP contribution >= 0.6 is 0 Å². The van der Waals surface area contributed by atoms with Gasteiger partial charge < -0.3 is 15.4 Å². The molecular formula is C13H22N2O2. The lowest BCUT2D eigenvalue weighted by Gasteiger charge is -2.34. The SMILES string of the molecule is CC1(C(=O)NC2CC3CCC2O3)CCNCC1. The molecule has 1 amide bonds. The number of piperidine rings is 1. The number of hydrogen-bond donors (Lipinski definition) is 2. The van der Waals surface area contributed by atoms with E-state index in [0.717, 1.165) is 38.8 Å². The van der Waals surface area contributed by atoms with E-state index >= 15 is 0 Å². The van der Waals surface area contributed by atoms with Crippen LogP contribution in [0.15, 0.2) is 0 Å². The fourth-order valence-electron chi connectivity index (χ4n) is 3.34. The molecule has 3 saturated heterocycles. The van der Waals surface area contributed by atoms with Crippen LogP contribution in [0.4, 0.5) is 0 Å². The van der Waals surface area contributed by atoms with Crippen LogP contribution in [0.5, 0.6) is 0 Å². The molecule has 4 heteroatoms. The average molecular weight is 238 g/mol. The summed E-state index contributed by atoms with van der Waals surface area (Å²) in [6, 6.07) is 0.271. The summed E-state index contributed by atoms with van der Waals surface area (Å²) in [7, 11) is 0. The van der Waals surface area contributed by atoms with E-state index in [1.807, 2.05) is 0 Å². The van der Waals surface area contributed by atoms with Gasteiger partial charge in [0.15, 0.2) is 0 Å². The first kappa shape index (κ1) is 11.5. The van der Waals surface area contributed by atoms with Crippen LogP contribution in [0.1, 0.15) is 39.0 Å². The van der Waals surface area contributed by atoms with Crippen LogP contribution in [0.3, 0.4) is 0 Å². The topological polar surface area (TPSA) is 50.4 Å². The molecule has 0 aromatic carbocycles. The van der Waals surface area contributed by atoms with Crippen molar-refractivity contribution in [3.8, 4) is 0 Å². The Bertz CT molecular complexity index is 313. The summed E-state index contributed by atoms with van der Waals surface area (Å²) in [4.78, 5) is 12.4. The highest BCUT2D eigenvalue weighted by Gasteiger charge is 2.43. The maximum absolute atomic E-state index is 12.4. The number of carbonyl (C=O) groups is 1. The van der Waals surface area contributed by atoms with Gasteiger partial charge in [0.25, 0.3) is 0 Å². The highest BCUT2D eigenvalue weighted by molar-refractivity contribution is 5.82. The predicted molar refractivity (Wildman–Crippen MR) is 64.7 cm³/mol. The van der Waals surface area contributed by atoms with Crippen molar-refractivity contribution in [1.82, 2.24) is 10.6 Å². The lowest BCUT2D eigenvalue weighted by Crippen LogP contribution is -2.51. The third-order valence-corrected chi connectivity index (χ3v) is 4.68. The molecule has 2 N–H and O–H groups in total. The summed E-state index contributed by atoms with van der Waals surface area (Å²) in [5.41, 5.74) is -0.174. The summed E-state index contributed by atoms with van der Waals surface area (Å²) in [6.07, 6.45) is 5.90. The van der Waals surface area contributed by atoms with Crippen molar-refractivity contribution in [2.75, 3.05) is 13.1 Å². The maximum Gasteiger partial charge on any atom is 0.226 e. The second kappa shape index (κ2) is 4.25. The van der Waals surface area contributed by atoms with Crippen molar-refractivity contribution in [3.63, 3.8) is 0 Å². The Kier molecular flexibility index (Phi) is 2.87. The third kappa shape index (κ3) is 2.08. The monoisotopic (exact) mass is 238 g/mol. The number of amides is 1. The predicted octanol–water partition coefficient (Wildman–Crippen LogP) is 0.812. The molecule has 0 aromatic rings. The molecule has 96 valence electrons. The van der Waals surface area contributed by atoms with E-state index in [9.17, 15) is 4.79 Å². The fourth-order valence-corrected chi connectivity index (χ4v) is 3.34. The highest BCUT2D eigenvalue weighted by atomic mass is 16.5. The number of carbonyl (C=O) groups excluding carboxylic acids is 1. The van der Waals surface area contributed by atoms with Crippen LogP contribution in [0, 0.1) is 5.41 Å². The summed E-state index contributed by atoms with van der Waals surface area (Å²) < 4.78 is 5.78. The summed E-state index contributed by atoms with van der Waals surface area (Å²) in [5, 5.41) is 6.54. The van der Waals surface area contributed by atoms with E-state index in [-0.39, 0.29) is 23.5 Å². The van der Waals surface area contributed by atoms with Crippen molar-refractivity contribution in [1.29, 1.82) is 0 Å². The summed E-state index contributed by atoms with van der Waals surface area (Å²) in [5.74, 6) is 0.236. The Labute approximate surface area is 102 Å². The number of fused-ring (bicyclic) bond motifs is 2. The zero-order valence-electron chi connectivity index (χ0n) is 10.5. The van der Waals surface area contributed by atoms with E-state index in [4.69, 9.17) is 4.74 Å². The lowest BCUT2D eigenvalue weighted by molar-refractivity contribution is -0.132. The van der Waals surface area contributed by atoms with Gasteiger partial charge in [0, 0.05) is 5.41 Å². The van der Waals surface area contributed by atoms with Crippen LogP contribution in [-0.2, 0) is 9.53 Å². The number of ether oxygens (including phenoxy) is 1. The van der Waals surface area contributed by atoms with Gasteiger partial charge in [0.1, 0.15) is 0 Å². The van der Waals surface area contributed by atoms with Gasteiger partial charge in [-0.2, -0.15) is 0 Å². The average Bonchev–Trinajstić information content (AvgIpc) is 2.92. The molecule has 3 rings (SSSR count). The van der Waals surface area contributed by atoms with E-state index in [2.05, 4.69) is 17.6 Å². The van der Waals surface area contributed by atoms with Gasteiger partial charge in [0.05, 0.1) is 18.2 Å². The molecule has 17 heavy (non-hydrogen) atoms. The molecule has 0 aliphatic carbocycles. The van der Waals surface area contributed by atoms with Gasteiger partial charge in [-0.3, -0.25) is 4.79 Å². The van der Waals surface area contributed by atoms with E-state index in [1.165, 1.54) is 6.42 Å². The minimum Gasteiger partial charge on any atom is -0.373 e. The second-order valence-electron chi connectivity index (χ2n) is 6.00. The molecule has 0 spiro atoms. The largest absolute Gasteiger partial charge is 0.373 e. The smallest absolute Gasteiger partial charge is 0.226 e. The number of nitrogens with one attached hydrogen (secondary N) is 2. The van der Waals surface area contributed by atoms with Crippen molar-refractivity contribution in [3.05, 3.63) is 0 Å². The molecule has 3 aliphatic heterocycles. The molecule has 2 bridgehead atoms. The minimum absolute atomic E-state index is 0.174. The van der Waals surface area contributed by atoms with Gasteiger partial charge in [-0.25, -0.2) is 0 Å². The first-order valence-electron chi connectivity index (χ1n) is 6.84. The summed E-state index contributed by atoms with van der Waals surface area (Å²) >= 11 is 0. The normalized spacial score (nSPS) is 39.2. The Morgan fingerprint density at radius 3 is 2.71 bits per heavy atom. The Morgan fingerprint density at radius 2 is 2.12 bits per heavy atom. The second-order valence-corrected chi connectivity index (χ2v) is 6.00. The van der Waals surface area contributed by atoms with Crippen molar-refractivity contribution < 1.29 is 9.53 Å². The van der Waals surface area contributed by atoms with Crippen LogP contribution in [0.2, 0.25) is 0 Å². The number of hydrogen-bond acceptors (Lipinski definition) is 3. The molecule has 4 nitrogen and oxygen atoms in total. The van der Waals surface area contributed by atoms with Crippen molar-refractivity contribution >= 4 is 5.91 Å². The summed E-state index contributed by atoms with van der Waals surface area (Å²) in [6.45, 7) is 4.01. The van der Waals surface area contributed by atoms with Crippen LogP contribution in [0.25, 0.3) is 0 Å². The molecule has 3 heterocycles. The number of rotatable bonds is 2. The Morgan fingerprint density at radius 1 is 1.35 bits per heavy atom. The van der Waals surface area contributed by atoms with Gasteiger partial charge in [-0.15, -0.1) is 0 Å². The van der Waals surface area contributed by atoms with Gasteiger partial charge >= 0.3 is 0 Å². The quantitative estimate of drug-likeness (QED) is 0.748. The minimum atomic E-state index is -0.174. The van der Waals surface area contributed by atoms with E-state index in [1.54, 1.807) is 0 Å². The van der Waals surface area contributed by atoms with Crippen molar-refractivity contribution in [2.45, 2.75) is 57.3 Å². The molecule has 3 unspecified atom stereocenters. The molecule has 3 fully saturated rings. The molecule has 3 atom stereocenters. The van der Waals surface area contributed by atoms with Crippen molar-refractivity contribution in [2.24, 2.45) is 5.41 Å². The molecule has 0 saturated carbocycles. The zero-order chi connectivity index (χ0) is 11.9. The van der Waals surface area contributed by atoms with Gasteiger partial charge in [-0.05, 0) is 45.2 Å². The van der Waals surface area contributed by atoms with E-state index < -0.39 is 0 Å². The zero-order valence-corrected chi connectivity index (χ0v) is 10.5. The van der Waals surface area contributed by atoms with E-state index in [0.29, 0.717) is 6.10 Å². The maximum atomic E-state index is 12.4. The third-order valence-electron chi connectivity index (χ3n) is 4.68. The van der Waals surface area contributed by atoms with Crippen LogP contribution < -0.4 is 10.6 Å². The Balaban J connectivity index is 1.59. The Hall–Kier alpha value is -0.610. The van der Waals surface area contributed by atoms with Gasteiger partial charge in [-0.1, -0.05) is 6.92 Å². The molecular weight excluding hydrogens is 216 g/mol. The fraction of sp³-hybridized carbons (Fsp3) is 0.923.